The number of phenolic OH excluding ortho intramolecular Hbond substituents is 1. The molecule has 8 aromatic rings. The molecule has 0 radical (unpaired) electrons. The lowest BCUT2D eigenvalue weighted by Crippen LogP contribution is -2.75. The fourth-order valence-electron chi connectivity index (χ4n) is 9.06. The molecule has 8 rings (SSSR count). The number of rotatable bonds is 9. The maximum Gasteiger partial charge on any atom is 0.416 e. The number of fused-ring (bicyclic) bond motifs is 1. The van der Waals surface area contributed by atoms with Crippen LogP contribution in [0.1, 0.15) is 54.9 Å². The van der Waals surface area contributed by atoms with E-state index in [9.17, 15) is 115 Å². The van der Waals surface area contributed by atoms with Crippen LogP contribution >= 0.6 is 0 Å². The third kappa shape index (κ3) is 14.1. The minimum absolute atomic E-state index is 0.00695. The van der Waals surface area contributed by atoms with Crippen molar-refractivity contribution in [2.75, 3.05) is 0 Å². The van der Waals surface area contributed by atoms with Crippen LogP contribution in [0.2, 0.25) is 0 Å². The largest absolute Gasteiger partial charge is 0.508 e. The van der Waals surface area contributed by atoms with Gasteiger partial charge < -0.3 is 9.84 Å². The number of aromatic nitrogens is 1. The Morgan fingerprint density at radius 3 is 0.976 bits per heavy atom. The van der Waals surface area contributed by atoms with E-state index in [0.717, 1.165) is 10.9 Å². The fraction of sp³-hybridized carbons (Fsp3) is 0.164. The second-order valence-electron chi connectivity index (χ2n) is 18.4. The summed E-state index contributed by atoms with van der Waals surface area (Å²) in [5.41, 5.74) is -28.6. The number of ether oxygens (including phenoxy) is 1. The number of aromatic hydroxyl groups is 1. The van der Waals surface area contributed by atoms with Gasteiger partial charge in [0.15, 0.2) is 0 Å². The molecule has 1 N–H and O–H groups in total. The summed E-state index contributed by atoms with van der Waals surface area (Å²) < 4.78 is 349. The van der Waals surface area contributed by atoms with E-state index in [0.29, 0.717) is 17.2 Å². The van der Waals surface area contributed by atoms with E-state index in [2.05, 4.69) is 0 Å². The molecule has 1 heterocycles. The standard InChI is InChI=1S/C32H12BF24.C23H17NO3/c34-25(35,36)13-1-14(26(37,38)39)6-21(5-13)33(22-7-15(27(40,41)42)2-16(8-22)28(43,44)45,23-9-17(29(46,47)48)3-18(10-23)30(49,50)51)24-11-19(31(52,53)54)4-20(12-24)32(55,56)57;25-19-11-13-20(14-12-19)27-23-15-10-17-6-4-5-9-21(17)24(23)16-22(26)18-7-2-1-3-8-18/h1-12H;1-15H,16H2/q-1;/p+1. The Balaban J connectivity index is 0.000000309. The van der Waals surface area contributed by atoms with Gasteiger partial charge in [0.2, 0.25) is 17.8 Å². The van der Waals surface area contributed by atoms with Crippen molar-refractivity contribution in [1.82, 2.24) is 0 Å². The van der Waals surface area contributed by atoms with Crippen molar-refractivity contribution < 1.29 is 125 Å². The maximum absolute atomic E-state index is 14.2. The minimum Gasteiger partial charge on any atom is -0.508 e. The number of carbonyl (C=O) groups excluding carboxylic acids is 1. The van der Waals surface area contributed by atoms with Gasteiger partial charge in [0.05, 0.1) is 50.6 Å². The number of ketones is 1. The lowest BCUT2D eigenvalue weighted by atomic mass is 9.12. The first-order valence-electron chi connectivity index (χ1n) is 23.3. The van der Waals surface area contributed by atoms with Gasteiger partial charge in [-0.2, -0.15) is 132 Å². The number of pyridine rings is 1. The molecule has 0 aliphatic heterocycles. The number of carbonyl (C=O) groups is 1. The second kappa shape index (κ2) is 22.3. The van der Waals surface area contributed by atoms with Gasteiger partial charge in [-0.1, -0.05) is 91.0 Å². The molecule has 0 aliphatic carbocycles. The summed E-state index contributed by atoms with van der Waals surface area (Å²) >= 11 is 0. The molecule has 29 heteroatoms. The molecule has 0 amide bonds. The van der Waals surface area contributed by atoms with Gasteiger partial charge in [0.25, 0.3) is 0 Å². The Labute approximate surface area is 455 Å². The van der Waals surface area contributed by atoms with Crippen molar-refractivity contribution in [1.29, 1.82) is 0 Å². The first-order valence-corrected chi connectivity index (χ1v) is 23.3. The molecule has 84 heavy (non-hydrogen) atoms. The monoisotopic (exact) mass is 1220 g/mol. The van der Waals surface area contributed by atoms with E-state index >= 15 is 0 Å². The van der Waals surface area contributed by atoms with E-state index in [-0.39, 0.29) is 18.1 Å². The number of halogens is 24. The molecule has 4 nitrogen and oxygen atoms in total. The van der Waals surface area contributed by atoms with E-state index in [1.807, 2.05) is 71.3 Å². The summed E-state index contributed by atoms with van der Waals surface area (Å²) in [6, 6.07) is 18.6. The van der Waals surface area contributed by atoms with Crippen LogP contribution in [0.3, 0.4) is 0 Å². The van der Waals surface area contributed by atoms with Crippen molar-refractivity contribution in [2.24, 2.45) is 0 Å². The Morgan fingerprint density at radius 1 is 0.369 bits per heavy atom. The van der Waals surface area contributed by atoms with Gasteiger partial charge >= 0.3 is 55.3 Å². The van der Waals surface area contributed by atoms with Gasteiger partial charge in [-0.3, -0.25) is 4.79 Å². The van der Waals surface area contributed by atoms with Crippen LogP contribution in [-0.2, 0) is 56.0 Å². The number of Topliss-reactive ketones (excluding diaryl/α,β-unsaturated/α-hetero) is 1. The second-order valence-corrected chi connectivity index (χ2v) is 18.4. The summed E-state index contributed by atoms with van der Waals surface area (Å²) in [6.07, 6.45) is -54.8. The molecule has 0 atom stereocenters. The van der Waals surface area contributed by atoms with Crippen LogP contribution in [0.5, 0.6) is 17.4 Å². The molecular formula is C55H30BF24NO3. The molecule has 0 saturated carbocycles. The highest BCUT2D eigenvalue weighted by atomic mass is 19.4. The van der Waals surface area contributed by atoms with E-state index in [4.69, 9.17) is 4.74 Å². The molecular weight excluding hydrogens is 1190 g/mol. The zero-order valence-electron chi connectivity index (χ0n) is 41.2. The number of hydrogen-bond acceptors (Lipinski definition) is 3. The number of hydrogen-bond donors (Lipinski definition) is 1. The van der Waals surface area contributed by atoms with Gasteiger partial charge in [-0.05, 0) is 60.7 Å². The third-order valence-corrected chi connectivity index (χ3v) is 12.8. The van der Waals surface area contributed by atoms with E-state index < -0.39 is 195 Å². The molecule has 444 valence electrons. The third-order valence-electron chi connectivity index (χ3n) is 12.8. The topological polar surface area (TPSA) is 50.4 Å². The normalized spacial score (nSPS) is 13.1. The van der Waals surface area contributed by atoms with E-state index in [1.165, 1.54) is 0 Å². The molecule has 0 unspecified atom stereocenters. The molecule has 0 saturated heterocycles. The van der Waals surface area contributed by atoms with Crippen molar-refractivity contribution in [3.8, 4) is 17.4 Å². The summed E-state index contributed by atoms with van der Waals surface area (Å²) in [5, 5.41) is 10.5. The Kier molecular flexibility index (Phi) is 16.8. The Hall–Kier alpha value is -8.40. The van der Waals surface area contributed by atoms with Crippen molar-refractivity contribution >= 4 is 44.7 Å². The summed E-state index contributed by atoms with van der Waals surface area (Å²) in [7, 11) is 0. The summed E-state index contributed by atoms with van der Waals surface area (Å²) in [4.78, 5) is 12.8. The van der Waals surface area contributed by atoms with Crippen LogP contribution in [-0.4, -0.2) is 17.0 Å². The SMILES string of the molecule is FC(F)(F)c1cc([B-](c2cc(C(F)(F)F)cc(C(F)(F)F)c2)(c2cc(C(F)(F)F)cc(C(F)(F)F)c2)c2cc(C(F)(F)F)cc(C(F)(F)F)c2)cc(C(F)(F)F)c1.O=C(C[n+]1c(Oc2ccc(O)cc2)ccc2ccccc21)c1ccccc1. The van der Waals surface area contributed by atoms with Crippen molar-refractivity contribution in [3.63, 3.8) is 0 Å². The molecule has 7 aromatic carbocycles. The van der Waals surface area contributed by atoms with E-state index in [1.54, 1.807) is 24.3 Å². The lowest BCUT2D eigenvalue weighted by molar-refractivity contribution is -0.661. The average Bonchev–Trinajstić information content (AvgIpc) is 3.51. The highest BCUT2D eigenvalue weighted by molar-refractivity contribution is 7.20. The first-order chi connectivity index (χ1) is 38.5. The van der Waals surface area contributed by atoms with Crippen LogP contribution in [0.25, 0.3) is 10.9 Å². The Morgan fingerprint density at radius 2 is 0.667 bits per heavy atom. The Bertz CT molecular complexity index is 3270. The lowest BCUT2D eigenvalue weighted by Gasteiger charge is -2.46. The summed E-state index contributed by atoms with van der Waals surface area (Å²) in [5.74, 6) is 1.33. The van der Waals surface area contributed by atoms with Crippen LogP contribution in [0.4, 0.5) is 105 Å². The number of nitrogens with zero attached hydrogens (tertiary/aromatic N) is 1. The predicted molar refractivity (Wildman–Crippen MR) is 253 cm³/mol. The smallest absolute Gasteiger partial charge is 0.416 e. The highest BCUT2D eigenvalue weighted by Gasteiger charge is 2.47. The number of para-hydroxylation sites is 1. The van der Waals surface area contributed by atoms with Gasteiger partial charge in [-0.25, -0.2) is 0 Å². The summed E-state index contributed by atoms with van der Waals surface area (Å²) in [6.45, 7) is 0.165. The minimum atomic E-state index is -6.13. The number of benzene rings is 7. The van der Waals surface area contributed by atoms with Gasteiger partial charge in [0.1, 0.15) is 17.6 Å². The average molecular weight is 1220 g/mol. The highest BCUT2D eigenvalue weighted by Crippen LogP contribution is 2.42. The molecule has 0 bridgehead atoms. The zero-order valence-corrected chi connectivity index (χ0v) is 41.2. The van der Waals surface area contributed by atoms with Gasteiger partial charge in [-0.15, -0.1) is 0 Å². The molecule has 0 fully saturated rings. The molecule has 0 spiro atoms. The molecule has 0 aliphatic rings. The fourth-order valence-corrected chi connectivity index (χ4v) is 9.06. The van der Waals surface area contributed by atoms with Crippen molar-refractivity contribution in [2.45, 2.75) is 56.0 Å². The van der Waals surface area contributed by atoms with Crippen LogP contribution < -0.4 is 31.2 Å². The molecule has 1 aromatic heterocycles. The number of alkyl halides is 24. The zero-order chi connectivity index (χ0) is 62.6. The maximum atomic E-state index is 14.2. The van der Waals surface area contributed by atoms with Crippen LogP contribution in [0, 0.1) is 0 Å². The van der Waals surface area contributed by atoms with Crippen molar-refractivity contribution in [3.05, 3.63) is 214 Å². The quantitative estimate of drug-likeness (QED) is 0.0678. The van der Waals surface area contributed by atoms with Crippen LogP contribution in [0.15, 0.2) is 164 Å². The first kappa shape index (κ1) is 63.2. The number of phenols is 1. The predicted octanol–water partition coefficient (Wildman–Crippen LogP) is 15.7. The van der Waals surface area contributed by atoms with Gasteiger partial charge in [0, 0.05) is 17.0 Å².